The molecule has 0 spiro atoms. The van der Waals surface area contributed by atoms with E-state index in [9.17, 15) is 9.90 Å². The van der Waals surface area contributed by atoms with E-state index >= 15 is 0 Å². The summed E-state index contributed by atoms with van der Waals surface area (Å²) >= 11 is 1.46. The lowest BCUT2D eigenvalue weighted by molar-refractivity contribution is 0.178. The summed E-state index contributed by atoms with van der Waals surface area (Å²) in [4.78, 5) is 14.7. The second kappa shape index (κ2) is 7.92. The first-order valence-electron chi connectivity index (χ1n) is 6.99. The first kappa shape index (κ1) is 16.5. The van der Waals surface area contributed by atoms with Crippen LogP contribution in [-0.2, 0) is 6.54 Å². The maximum atomic E-state index is 11.8. The maximum absolute atomic E-state index is 11.8. The molecule has 7 nitrogen and oxygen atoms in total. The van der Waals surface area contributed by atoms with Gasteiger partial charge in [0.15, 0.2) is 5.82 Å². The number of thiophene rings is 1. The minimum Gasteiger partial charge on any atom is -0.386 e. The van der Waals surface area contributed by atoms with Crippen molar-refractivity contribution >= 4 is 23.2 Å². The third-order valence-electron chi connectivity index (χ3n) is 2.99. The summed E-state index contributed by atoms with van der Waals surface area (Å²) in [5.74, 6) is 0.488. The van der Waals surface area contributed by atoms with Gasteiger partial charge < -0.3 is 15.3 Å². The van der Waals surface area contributed by atoms with Crippen LogP contribution in [0.25, 0.3) is 0 Å². The first-order valence-corrected chi connectivity index (χ1v) is 7.87. The Balaban J connectivity index is 1.75. The van der Waals surface area contributed by atoms with E-state index in [0.717, 1.165) is 18.0 Å². The van der Waals surface area contributed by atoms with Crippen LogP contribution in [0.3, 0.4) is 0 Å². The van der Waals surface area contributed by atoms with Crippen molar-refractivity contribution in [2.45, 2.75) is 12.6 Å². The van der Waals surface area contributed by atoms with Gasteiger partial charge in [0.25, 0.3) is 0 Å². The minimum atomic E-state index is -0.691. The van der Waals surface area contributed by atoms with Gasteiger partial charge in [0.1, 0.15) is 6.10 Å². The number of rotatable bonds is 7. The number of anilines is 1. The fraction of sp³-hybridized carbons (Fsp3) is 0.429. The molecule has 22 heavy (non-hydrogen) atoms. The van der Waals surface area contributed by atoms with Crippen LogP contribution < -0.4 is 10.6 Å². The van der Waals surface area contributed by atoms with E-state index in [4.69, 9.17) is 0 Å². The number of hydrogen-bond donors (Lipinski definition) is 3. The first-order chi connectivity index (χ1) is 10.5. The van der Waals surface area contributed by atoms with Gasteiger partial charge in [0.05, 0.1) is 13.1 Å². The van der Waals surface area contributed by atoms with Gasteiger partial charge in [-0.05, 0) is 25.5 Å². The smallest absolute Gasteiger partial charge is 0.320 e. The average molecular weight is 323 g/mol. The summed E-state index contributed by atoms with van der Waals surface area (Å²) in [6.07, 6.45) is 1.13. The number of hydrogen-bond acceptors (Lipinski definition) is 5. The van der Waals surface area contributed by atoms with Crippen molar-refractivity contribution in [3.63, 3.8) is 0 Å². The molecule has 2 aromatic rings. The van der Waals surface area contributed by atoms with Gasteiger partial charge in [-0.25, -0.2) is 4.79 Å². The summed E-state index contributed by atoms with van der Waals surface area (Å²) in [6, 6.07) is 5.06. The van der Waals surface area contributed by atoms with E-state index in [-0.39, 0.29) is 12.6 Å². The predicted molar refractivity (Wildman–Crippen MR) is 87.1 cm³/mol. The van der Waals surface area contributed by atoms with E-state index in [1.165, 1.54) is 11.3 Å². The Labute approximate surface area is 133 Å². The maximum Gasteiger partial charge on any atom is 0.320 e. The van der Waals surface area contributed by atoms with E-state index < -0.39 is 6.10 Å². The minimum absolute atomic E-state index is 0.160. The molecule has 0 radical (unpaired) electrons. The standard InChI is InChI=1S/C14H21N5O2S/c1-18(2)7-8-19-6-5-13(17-19)16-14(21)15-10-11(20)12-4-3-9-22-12/h3-6,9,11,20H,7-8,10H2,1-2H3,(H2,15,16,17,21)/t11-/m0/s1. The third-order valence-corrected chi connectivity index (χ3v) is 3.96. The lowest BCUT2D eigenvalue weighted by Crippen LogP contribution is -2.32. The fourth-order valence-electron chi connectivity index (χ4n) is 1.79. The lowest BCUT2D eigenvalue weighted by Gasteiger charge is -2.10. The van der Waals surface area contributed by atoms with E-state index in [0.29, 0.717) is 5.82 Å². The fourth-order valence-corrected chi connectivity index (χ4v) is 2.50. The zero-order valence-electron chi connectivity index (χ0n) is 12.7. The molecule has 0 aliphatic rings. The summed E-state index contributed by atoms with van der Waals surface area (Å²) in [7, 11) is 3.99. The van der Waals surface area contributed by atoms with Gasteiger partial charge in [-0.15, -0.1) is 11.3 Å². The molecule has 2 heterocycles. The average Bonchev–Trinajstić information content (AvgIpc) is 3.14. The molecule has 0 bridgehead atoms. The highest BCUT2D eigenvalue weighted by molar-refractivity contribution is 7.10. The van der Waals surface area contributed by atoms with Crippen LogP contribution >= 0.6 is 11.3 Å². The second-order valence-electron chi connectivity index (χ2n) is 5.13. The molecule has 0 saturated heterocycles. The number of aliphatic hydroxyl groups excluding tert-OH is 1. The van der Waals surface area contributed by atoms with Crippen LogP contribution in [-0.4, -0.2) is 53.0 Å². The third kappa shape index (κ3) is 5.14. The molecular formula is C14H21N5O2S. The van der Waals surface area contributed by atoms with Crippen LogP contribution in [0.4, 0.5) is 10.6 Å². The number of nitrogens with zero attached hydrogens (tertiary/aromatic N) is 3. The van der Waals surface area contributed by atoms with E-state index in [2.05, 4.69) is 20.6 Å². The highest BCUT2D eigenvalue weighted by Crippen LogP contribution is 2.17. The lowest BCUT2D eigenvalue weighted by atomic mass is 10.3. The van der Waals surface area contributed by atoms with Crippen molar-refractivity contribution in [1.29, 1.82) is 0 Å². The Morgan fingerprint density at radius 2 is 2.32 bits per heavy atom. The highest BCUT2D eigenvalue weighted by atomic mass is 32.1. The SMILES string of the molecule is CN(C)CCn1ccc(NC(=O)NC[C@H](O)c2cccs2)n1. The number of carbonyl (C=O) groups excluding carboxylic acids is 1. The van der Waals surface area contributed by atoms with Crippen molar-refractivity contribution in [3.05, 3.63) is 34.7 Å². The largest absolute Gasteiger partial charge is 0.386 e. The Hall–Kier alpha value is -1.90. The zero-order valence-corrected chi connectivity index (χ0v) is 13.5. The number of nitrogens with one attached hydrogen (secondary N) is 2. The number of carbonyl (C=O) groups is 1. The summed E-state index contributed by atoms with van der Waals surface area (Å²) in [6.45, 7) is 1.79. The van der Waals surface area contributed by atoms with Gasteiger partial charge in [0.2, 0.25) is 0 Å². The predicted octanol–water partition coefficient (Wildman–Crippen LogP) is 1.36. The molecule has 2 rings (SSSR count). The van der Waals surface area contributed by atoms with Gasteiger partial charge in [-0.1, -0.05) is 6.07 Å². The zero-order chi connectivity index (χ0) is 15.9. The molecule has 1 atom stereocenters. The van der Waals surface area contributed by atoms with Crippen LogP contribution in [0.2, 0.25) is 0 Å². The number of aromatic nitrogens is 2. The quantitative estimate of drug-likeness (QED) is 0.718. The normalized spacial score (nSPS) is 12.4. The molecular weight excluding hydrogens is 302 g/mol. The van der Waals surface area contributed by atoms with Gasteiger partial charge in [-0.3, -0.25) is 10.00 Å². The van der Waals surface area contributed by atoms with Crippen LogP contribution in [0.1, 0.15) is 11.0 Å². The monoisotopic (exact) mass is 323 g/mol. The highest BCUT2D eigenvalue weighted by Gasteiger charge is 2.11. The molecule has 0 aliphatic carbocycles. The number of amides is 2. The van der Waals surface area contributed by atoms with Crippen molar-refractivity contribution in [3.8, 4) is 0 Å². The van der Waals surface area contributed by atoms with E-state index in [1.807, 2.05) is 37.8 Å². The molecule has 0 unspecified atom stereocenters. The molecule has 0 saturated carbocycles. The van der Waals surface area contributed by atoms with Crippen molar-refractivity contribution in [2.24, 2.45) is 0 Å². The molecule has 8 heteroatoms. The molecule has 2 amide bonds. The molecule has 120 valence electrons. The van der Waals surface area contributed by atoms with Gasteiger partial charge in [-0.2, -0.15) is 5.10 Å². The van der Waals surface area contributed by atoms with Crippen LogP contribution in [0, 0.1) is 0 Å². The van der Waals surface area contributed by atoms with E-state index in [1.54, 1.807) is 10.7 Å². The molecule has 0 aromatic carbocycles. The Bertz CT molecular complexity index is 582. The van der Waals surface area contributed by atoms with Crippen molar-refractivity contribution < 1.29 is 9.90 Å². The van der Waals surface area contributed by atoms with Crippen molar-refractivity contribution in [2.75, 3.05) is 32.5 Å². The number of urea groups is 1. The van der Waals surface area contributed by atoms with Crippen LogP contribution in [0.15, 0.2) is 29.8 Å². The number of likely N-dealkylation sites (N-methyl/N-ethyl adjacent to an activating group) is 1. The summed E-state index contributed by atoms with van der Waals surface area (Å²) in [5, 5.41) is 21.3. The Morgan fingerprint density at radius 3 is 3.00 bits per heavy atom. The topological polar surface area (TPSA) is 82.4 Å². The molecule has 0 fully saturated rings. The molecule has 3 N–H and O–H groups in total. The Kier molecular flexibility index (Phi) is 5.93. The van der Waals surface area contributed by atoms with Crippen LogP contribution in [0.5, 0.6) is 0 Å². The summed E-state index contributed by atoms with van der Waals surface area (Å²) < 4.78 is 1.77. The summed E-state index contributed by atoms with van der Waals surface area (Å²) in [5.41, 5.74) is 0. The Morgan fingerprint density at radius 1 is 1.50 bits per heavy atom. The number of aliphatic hydroxyl groups is 1. The molecule has 2 aromatic heterocycles. The van der Waals surface area contributed by atoms with Crippen molar-refractivity contribution in [1.82, 2.24) is 20.0 Å². The molecule has 0 aliphatic heterocycles. The second-order valence-corrected chi connectivity index (χ2v) is 6.11. The van der Waals surface area contributed by atoms with Gasteiger partial charge >= 0.3 is 6.03 Å². The van der Waals surface area contributed by atoms with Gasteiger partial charge in [0, 0.05) is 23.7 Å².